The molecule has 2 heterocycles. The van der Waals surface area contributed by atoms with Crippen LogP contribution in [0.15, 0.2) is 0 Å². The van der Waals surface area contributed by atoms with Gasteiger partial charge in [0.25, 0.3) is 0 Å². The topological polar surface area (TPSA) is 67.1 Å². The summed E-state index contributed by atoms with van der Waals surface area (Å²) in [6.07, 6.45) is 2.42. The third-order valence-corrected chi connectivity index (χ3v) is 4.50. The predicted octanol–water partition coefficient (Wildman–Crippen LogP) is 2.04. The van der Waals surface area contributed by atoms with Crippen molar-refractivity contribution < 1.29 is 0 Å². The molecule has 0 amide bonds. The van der Waals surface area contributed by atoms with Gasteiger partial charge in [0, 0.05) is 24.6 Å². The fourth-order valence-corrected chi connectivity index (χ4v) is 2.80. The Bertz CT molecular complexity index is 473. The van der Waals surface area contributed by atoms with E-state index in [1.165, 1.54) is 12.8 Å². The third-order valence-electron chi connectivity index (χ3n) is 4.50. The van der Waals surface area contributed by atoms with Crippen LogP contribution in [0, 0.1) is 18.8 Å². The molecule has 19 heavy (non-hydrogen) atoms. The van der Waals surface area contributed by atoms with Crippen LogP contribution in [0.25, 0.3) is 0 Å². The molecule has 5 heteroatoms. The van der Waals surface area contributed by atoms with E-state index in [9.17, 15) is 0 Å². The molecule has 1 aromatic heterocycles. The lowest BCUT2D eigenvalue weighted by Crippen LogP contribution is -2.24. The molecule has 2 aliphatic rings. The second kappa shape index (κ2) is 4.63. The van der Waals surface area contributed by atoms with Crippen molar-refractivity contribution in [2.75, 3.05) is 23.4 Å². The van der Waals surface area contributed by atoms with E-state index in [-0.39, 0.29) is 0 Å². The summed E-state index contributed by atoms with van der Waals surface area (Å²) < 4.78 is 0. The quantitative estimate of drug-likeness (QED) is 0.644. The number of nitrogens with two attached hydrogens (primary N) is 1. The van der Waals surface area contributed by atoms with Crippen LogP contribution in [0.1, 0.15) is 44.0 Å². The minimum atomic E-state index is 0.545. The maximum absolute atomic E-state index is 5.60. The van der Waals surface area contributed by atoms with Crippen molar-refractivity contribution in [3.8, 4) is 0 Å². The molecule has 0 spiro atoms. The van der Waals surface area contributed by atoms with Crippen molar-refractivity contribution in [2.45, 2.75) is 39.5 Å². The summed E-state index contributed by atoms with van der Waals surface area (Å²) in [6, 6.07) is 0. The summed E-state index contributed by atoms with van der Waals surface area (Å²) >= 11 is 0. The fraction of sp³-hybridized carbons (Fsp3) is 0.714. The minimum absolute atomic E-state index is 0.545. The molecule has 1 saturated heterocycles. The van der Waals surface area contributed by atoms with Crippen LogP contribution in [0.3, 0.4) is 0 Å². The molecule has 3 rings (SSSR count). The molecule has 1 aromatic rings. The highest BCUT2D eigenvalue weighted by Gasteiger charge is 2.32. The first-order valence-electron chi connectivity index (χ1n) is 7.20. The molecule has 0 radical (unpaired) electrons. The third kappa shape index (κ3) is 2.27. The Balaban J connectivity index is 1.97. The van der Waals surface area contributed by atoms with Gasteiger partial charge in [-0.15, -0.1) is 0 Å². The van der Waals surface area contributed by atoms with Gasteiger partial charge in [-0.3, -0.25) is 0 Å². The van der Waals surface area contributed by atoms with Gasteiger partial charge >= 0.3 is 0 Å². The summed E-state index contributed by atoms with van der Waals surface area (Å²) in [7, 11) is 0. The number of nitrogen functional groups attached to an aromatic ring is 1. The number of anilines is 2. The maximum Gasteiger partial charge on any atom is 0.148 e. The Hall–Kier alpha value is -1.36. The Kier molecular flexibility index (Phi) is 3.09. The van der Waals surface area contributed by atoms with E-state index in [1.807, 2.05) is 0 Å². The zero-order chi connectivity index (χ0) is 13.6. The number of hydrazine groups is 1. The summed E-state index contributed by atoms with van der Waals surface area (Å²) in [5.41, 5.74) is 3.79. The predicted molar refractivity (Wildman–Crippen MR) is 77.1 cm³/mol. The molecule has 2 unspecified atom stereocenters. The van der Waals surface area contributed by atoms with Crippen LogP contribution in [-0.2, 0) is 0 Å². The van der Waals surface area contributed by atoms with Crippen molar-refractivity contribution in [1.82, 2.24) is 9.97 Å². The lowest BCUT2D eigenvalue weighted by molar-refractivity contribution is 0.494. The van der Waals surface area contributed by atoms with Crippen molar-refractivity contribution in [1.29, 1.82) is 0 Å². The Morgan fingerprint density at radius 2 is 1.79 bits per heavy atom. The molecule has 2 atom stereocenters. The fourth-order valence-electron chi connectivity index (χ4n) is 2.80. The zero-order valence-electron chi connectivity index (χ0n) is 12.0. The molecule has 1 saturated carbocycles. The summed E-state index contributed by atoms with van der Waals surface area (Å²) in [5, 5.41) is 0. The average molecular weight is 261 g/mol. The summed E-state index contributed by atoms with van der Waals surface area (Å²) in [6.45, 7) is 8.82. The second-order valence-corrected chi connectivity index (χ2v) is 6.16. The minimum Gasteiger partial charge on any atom is -0.356 e. The zero-order valence-corrected chi connectivity index (χ0v) is 12.0. The van der Waals surface area contributed by atoms with Gasteiger partial charge in [-0.05, 0) is 31.6 Å². The van der Waals surface area contributed by atoms with Crippen LogP contribution in [-0.4, -0.2) is 23.1 Å². The first-order valence-corrected chi connectivity index (χ1v) is 7.20. The number of nitrogens with one attached hydrogen (secondary N) is 1. The molecule has 3 N–H and O–H groups in total. The van der Waals surface area contributed by atoms with Crippen LogP contribution < -0.4 is 16.2 Å². The molecule has 104 valence electrons. The highest BCUT2D eigenvalue weighted by atomic mass is 15.3. The lowest BCUT2D eigenvalue weighted by Gasteiger charge is -2.21. The van der Waals surface area contributed by atoms with Crippen molar-refractivity contribution in [3.05, 3.63) is 11.4 Å². The number of nitrogens with zero attached hydrogens (tertiary/aromatic N) is 3. The van der Waals surface area contributed by atoms with E-state index < -0.39 is 0 Å². The number of hydrogen-bond donors (Lipinski definition) is 2. The molecule has 2 fully saturated rings. The highest BCUT2D eigenvalue weighted by Crippen LogP contribution is 2.40. The lowest BCUT2D eigenvalue weighted by atomic mass is 10.0. The second-order valence-electron chi connectivity index (χ2n) is 6.16. The standard InChI is InChI=1S/C14H23N5/c1-8-6-19(7-9(8)2)14-10(3)12(18-15)16-13(17-14)11-4-5-11/h8-9,11H,4-7,15H2,1-3H3,(H,16,17,18). The van der Waals surface area contributed by atoms with E-state index in [1.54, 1.807) is 0 Å². The molecule has 0 aromatic carbocycles. The monoisotopic (exact) mass is 261 g/mol. The number of rotatable bonds is 3. The van der Waals surface area contributed by atoms with E-state index in [0.29, 0.717) is 17.8 Å². The van der Waals surface area contributed by atoms with Crippen molar-refractivity contribution in [3.63, 3.8) is 0 Å². The Labute approximate surface area is 114 Å². The van der Waals surface area contributed by atoms with Gasteiger partial charge in [-0.1, -0.05) is 13.8 Å². The van der Waals surface area contributed by atoms with Gasteiger partial charge < -0.3 is 10.3 Å². The van der Waals surface area contributed by atoms with E-state index in [0.717, 1.165) is 36.1 Å². The van der Waals surface area contributed by atoms with Crippen LogP contribution in [0.4, 0.5) is 11.6 Å². The first kappa shape index (κ1) is 12.7. The van der Waals surface area contributed by atoms with Gasteiger partial charge in [0.1, 0.15) is 17.5 Å². The molecular formula is C14H23N5. The molecule has 0 bridgehead atoms. The van der Waals surface area contributed by atoms with Gasteiger partial charge in [0.15, 0.2) is 0 Å². The molecule has 1 aliphatic heterocycles. The summed E-state index contributed by atoms with van der Waals surface area (Å²) in [5.74, 6) is 10.4. The van der Waals surface area contributed by atoms with Crippen LogP contribution in [0.5, 0.6) is 0 Å². The number of hydrogen-bond acceptors (Lipinski definition) is 5. The van der Waals surface area contributed by atoms with Crippen LogP contribution >= 0.6 is 0 Å². The maximum atomic E-state index is 5.60. The molecule has 1 aliphatic carbocycles. The molecular weight excluding hydrogens is 238 g/mol. The Morgan fingerprint density at radius 3 is 2.32 bits per heavy atom. The Morgan fingerprint density at radius 1 is 1.16 bits per heavy atom. The van der Waals surface area contributed by atoms with Crippen molar-refractivity contribution in [2.24, 2.45) is 17.7 Å². The average Bonchev–Trinajstić information content (AvgIpc) is 3.17. The molecule has 5 nitrogen and oxygen atoms in total. The smallest absolute Gasteiger partial charge is 0.148 e. The van der Waals surface area contributed by atoms with Gasteiger partial charge in [0.05, 0.1) is 0 Å². The van der Waals surface area contributed by atoms with E-state index in [4.69, 9.17) is 10.8 Å². The van der Waals surface area contributed by atoms with Crippen LogP contribution in [0.2, 0.25) is 0 Å². The van der Waals surface area contributed by atoms with E-state index in [2.05, 4.69) is 36.1 Å². The number of aromatic nitrogens is 2. The normalized spacial score (nSPS) is 26.8. The highest BCUT2D eigenvalue weighted by molar-refractivity contribution is 5.59. The largest absolute Gasteiger partial charge is 0.356 e. The van der Waals surface area contributed by atoms with E-state index >= 15 is 0 Å². The first-order chi connectivity index (χ1) is 9.10. The van der Waals surface area contributed by atoms with Gasteiger partial charge in [-0.2, -0.15) is 0 Å². The van der Waals surface area contributed by atoms with Gasteiger partial charge in [-0.25, -0.2) is 15.8 Å². The summed E-state index contributed by atoms with van der Waals surface area (Å²) in [4.78, 5) is 11.8. The van der Waals surface area contributed by atoms with Gasteiger partial charge in [0.2, 0.25) is 0 Å². The SMILES string of the molecule is Cc1c(NN)nc(C2CC2)nc1N1CC(C)C(C)C1. The van der Waals surface area contributed by atoms with Crippen molar-refractivity contribution >= 4 is 11.6 Å².